The van der Waals surface area contributed by atoms with Gasteiger partial charge in [0.15, 0.2) is 0 Å². The highest BCUT2D eigenvalue weighted by molar-refractivity contribution is 7.13. The van der Waals surface area contributed by atoms with E-state index in [1.165, 1.54) is 20.3 Å². The SMILES string of the molecule is COC(=O)/C=C/c1ccsc1-c1ccc(C(=O)OC)cc1. The van der Waals surface area contributed by atoms with E-state index in [1.54, 1.807) is 29.5 Å². The van der Waals surface area contributed by atoms with E-state index in [0.717, 1.165) is 16.0 Å². The number of carbonyl (C=O) groups excluding carboxylic acids is 2. The Morgan fingerprint density at radius 1 is 1.05 bits per heavy atom. The highest BCUT2D eigenvalue weighted by atomic mass is 32.1. The van der Waals surface area contributed by atoms with Gasteiger partial charge in [0.2, 0.25) is 0 Å². The van der Waals surface area contributed by atoms with Crippen LogP contribution in [0.15, 0.2) is 41.8 Å². The maximum absolute atomic E-state index is 11.4. The van der Waals surface area contributed by atoms with Crippen molar-refractivity contribution >= 4 is 29.4 Å². The van der Waals surface area contributed by atoms with Crippen LogP contribution in [0.4, 0.5) is 0 Å². The third-order valence-electron chi connectivity index (χ3n) is 2.86. The Labute approximate surface area is 126 Å². The Hall–Kier alpha value is -2.40. The van der Waals surface area contributed by atoms with Gasteiger partial charge in [-0.05, 0) is 40.8 Å². The fourth-order valence-corrected chi connectivity index (χ4v) is 2.68. The van der Waals surface area contributed by atoms with E-state index in [1.807, 2.05) is 23.6 Å². The molecule has 0 amide bonds. The fourth-order valence-electron chi connectivity index (χ4n) is 1.79. The number of rotatable bonds is 4. The smallest absolute Gasteiger partial charge is 0.337 e. The highest BCUT2D eigenvalue weighted by Crippen LogP contribution is 2.30. The second-order valence-electron chi connectivity index (χ2n) is 4.13. The number of hydrogen-bond donors (Lipinski definition) is 0. The zero-order chi connectivity index (χ0) is 15.2. The van der Waals surface area contributed by atoms with Crippen molar-refractivity contribution in [2.75, 3.05) is 14.2 Å². The molecule has 4 nitrogen and oxygen atoms in total. The van der Waals surface area contributed by atoms with Gasteiger partial charge in [0.05, 0.1) is 19.8 Å². The molecular formula is C16H14O4S. The van der Waals surface area contributed by atoms with Gasteiger partial charge in [-0.1, -0.05) is 12.1 Å². The van der Waals surface area contributed by atoms with E-state index in [4.69, 9.17) is 0 Å². The molecule has 0 fully saturated rings. The van der Waals surface area contributed by atoms with Crippen LogP contribution in [0.2, 0.25) is 0 Å². The number of thiophene rings is 1. The van der Waals surface area contributed by atoms with Crippen LogP contribution in [0, 0.1) is 0 Å². The first kappa shape index (κ1) is 15.0. The lowest BCUT2D eigenvalue weighted by Gasteiger charge is -2.03. The summed E-state index contributed by atoms with van der Waals surface area (Å²) in [5, 5.41) is 1.94. The van der Waals surface area contributed by atoms with Gasteiger partial charge in [-0.25, -0.2) is 9.59 Å². The predicted molar refractivity (Wildman–Crippen MR) is 82.1 cm³/mol. The summed E-state index contributed by atoms with van der Waals surface area (Å²) in [4.78, 5) is 23.6. The van der Waals surface area contributed by atoms with Crippen molar-refractivity contribution in [2.45, 2.75) is 0 Å². The molecule has 0 atom stereocenters. The molecule has 1 aromatic carbocycles. The lowest BCUT2D eigenvalue weighted by molar-refractivity contribution is -0.134. The van der Waals surface area contributed by atoms with Gasteiger partial charge in [0, 0.05) is 11.0 Å². The predicted octanol–water partition coefficient (Wildman–Crippen LogP) is 3.39. The molecule has 0 aliphatic carbocycles. The molecule has 0 saturated heterocycles. The minimum atomic E-state index is -0.395. The summed E-state index contributed by atoms with van der Waals surface area (Å²) in [7, 11) is 2.69. The molecule has 0 spiro atoms. The lowest BCUT2D eigenvalue weighted by atomic mass is 10.1. The summed E-state index contributed by atoms with van der Waals surface area (Å²) in [5.41, 5.74) is 2.41. The summed E-state index contributed by atoms with van der Waals surface area (Å²) >= 11 is 1.56. The van der Waals surface area contributed by atoms with E-state index in [9.17, 15) is 9.59 Å². The molecule has 0 saturated carbocycles. The molecule has 108 valence electrons. The molecular weight excluding hydrogens is 288 g/mol. The van der Waals surface area contributed by atoms with Gasteiger partial charge in [-0.15, -0.1) is 11.3 Å². The third kappa shape index (κ3) is 3.58. The minimum Gasteiger partial charge on any atom is -0.466 e. The second-order valence-corrected chi connectivity index (χ2v) is 5.05. The van der Waals surface area contributed by atoms with E-state index in [2.05, 4.69) is 9.47 Å². The fraction of sp³-hybridized carbons (Fsp3) is 0.125. The first-order valence-electron chi connectivity index (χ1n) is 6.18. The van der Waals surface area contributed by atoms with E-state index in [-0.39, 0.29) is 5.97 Å². The Bertz CT molecular complexity index is 668. The van der Waals surface area contributed by atoms with Gasteiger partial charge in [-0.3, -0.25) is 0 Å². The molecule has 2 aromatic rings. The average Bonchev–Trinajstić information content (AvgIpc) is 3.00. The van der Waals surface area contributed by atoms with E-state index in [0.29, 0.717) is 5.56 Å². The van der Waals surface area contributed by atoms with Crippen molar-refractivity contribution in [1.82, 2.24) is 0 Å². The van der Waals surface area contributed by atoms with E-state index < -0.39 is 5.97 Å². The summed E-state index contributed by atoms with van der Waals surface area (Å²) in [6, 6.07) is 9.07. The monoisotopic (exact) mass is 302 g/mol. The van der Waals surface area contributed by atoms with Crippen LogP contribution in [0.25, 0.3) is 16.5 Å². The second kappa shape index (κ2) is 6.85. The lowest BCUT2D eigenvalue weighted by Crippen LogP contribution is -2.00. The molecule has 0 bridgehead atoms. The Morgan fingerprint density at radius 2 is 1.76 bits per heavy atom. The summed E-state index contributed by atoms with van der Waals surface area (Å²) in [6.07, 6.45) is 3.10. The molecule has 1 aromatic heterocycles. The molecule has 0 N–H and O–H groups in total. The number of esters is 2. The van der Waals surface area contributed by atoms with Crippen LogP contribution in [0.5, 0.6) is 0 Å². The molecule has 5 heteroatoms. The molecule has 0 unspecified atom stereocenters. The normalized spacial score (nSPS) is 10.6. The van der Waals surface area contributed by atoms with Gasteiger partial charge in [0.1, 0.15) is 0 Å². The van der Waals surface area contributed by atoms with Crippen molar-refractivity contribution in [3.05, 3.63) is 52.9 Å². The first-order valence-corrected chi connectivity index (χ1v) is 7.06. The van der Waals surface area contributed by atoms with Crippen molar-refractivity contribution in [2.24, 2.45) is 0 Å². The maximum Gasteiger partial charge on any atom is 0.337 e. The van der Waals surface area contributed by atoms with E-state index >= 15 is 0 Å². The van der Waals surface area contributed by atoms with Crippen LogP contribution in [0.3, 0.4) is 0 Å². The maximum atomic E-state index is 11.4. The van der Waals surface area contributed by atoms with Crippen LogP contribution in [0.1, 0.15) is 15.9 Å². The average molecular weight is 302 g/mol. The number of ether oxygens (including phenoxy) is 2. The Morgan fingerprint density at radius 3 is 2.38 bits per heavy atom. The summed E-state index contributed by atoms with van der Waals surface area (Å²) < 4.78 is 9.24. The summed E-state index contributed by atoms with van der Waals surface area (Å²) in [6.45, 7) is 0. The van der Waals surface area contributed by atoms with Crippen LogP contribution < -0.4 is 0 Å². The topological polar surface area (TPSA) is 52.6 Å². The van der Waals surface area contributed by atoms with Crippen molar-refractivity contribution in [1.29, 1.82) is 0 Å². The Balaban J connectivity index is 2.27. The molecule has 21 heavy (non-hydrogen) atoms. The highest BCUT2D eigenvalue weighted by Gasteiger charge is 2.08. The van der Waals surface area contributed by atoms with Crippen LogP contribution in [-0.4, -0.2) is 26.2 Å². The van der Waals surface area contributed by atoms with Crippen molar-refractivity contribution in [3.63, 3.8) is 0 Å². The third-order valence-corrected chi connectivity index (χ3v) is 3.84. The minimum absolute atomic E-state index is 0.362. The molecule has 2 rings (SSSR count). The van der Waals surface area contributed by atoms with Crippen LogP contribution in [-0.2, 0) is 14.3 Å². The number of hydrogen-bond acceptors (Lipinski definition) is 5. The summed E-state index contributed by atoms with van der Waals surface area (Å²) in [5.74, 6) is -0.758. The standard InChI is InChI=1S/C16H14O4S/c1-19-14(17)8-7-12-9-10-21-15(12)11-3-5-13(6-4-11)16(18)20-2/h3-10H,1-2H3/b8-7+. The zero-order valence-corrected chi connectivity index (χ0v) is 12.5. The van der Waals surface area contributed by atoms with Crippen LogP contribution >= 0.6 is 11.3 Å². The molecule has 0 aliphatic heterocycles. The van der Waals surface area contributed by atoms with Gasteiger partial charge in [-0.2, -0.15) is 0 Å². The molecule has 0 radical (unpaired) electrons. The number of carbonyl (C=O) groups is 2. The zero-order valence-electron chi connectivity index (χ0n) is 11.7. The number of methoxy groups -OCH3 is 2. The first-order chi connectivity index (χ1) is 10.2. The van der Waals surface area contributed by atoms with Gasteiger partial charge < -0.3 is 9.47 Å². The quantitative estimate of drug-likeness (QED) is 0.641. The van der Waals surface area contributed by atoms with Gasteiger partial charge in [0.25, 0.3) is 0 Å². The number of benzene rings is 1. The Kier molecular flexibility index (Phi) is 4.90. The molecule has 1 heterocycles. The largest absolute Gasteiger partial charge is 0.466 e. The van der Waals surface area contributed by atoms with Crippen molar-refractivity contribution in [3.8, 4) is 10.4 Å². The molecule has 0 aliphatic rings. The van der Waals surface area contributed by atoms with Gasteiger partial charge >= 0.3 is 11.9 Å². The van der Waals surface area contributed by atoms with Crippen molar-refractivity contribution < 1.29 is 19.1 Å².